The minimum atomic E-state index is -1.00. The number of H-pyrrole nitrogens is 1. The summed E-state index contributed by atoms with van der Waals surface area (Å²) in [4.78, 5) is 31.3. The third-order valence-corrected chi connectivity index (χ3v) is 4.09. The van der Waals surface area contributed by atoms with Crippen molar-refractivity contribution in [3.8, 4) is 0 Å². The molecule has 0 radical (unpaired) electrons. The van der Waals surface area contributed by atoms with Crippen LogP contribution < -0.4 is 0 Å². The van der Waals surface area contributed by atoms with E-state index in [9.17, 15) is 14.7 Å². The van der Waals surface area contributed by atoms with Gasteiger partial charge in [0.1, 0.15) is 0 Å². The first-order chi connectivity index (χ1) is 10.9. The van der Waals surface area contributed by atoms with Gasteiger partial charge in [-0.1, -0.05) is 17.7 Å². The molecule has 0 aliphatic heterocycles. The predicted octanol–water partition coefficient (Wildman–Crippen LogP) is 2.97. The highest BCUT2D eigenvalue weighted by atomic mass is 35.5. The van der Waals surface area contributed by atoms with Gasteiger partial charge >= 0.3 is 5.97 Å². The van der Waals surface area contributed by atoms with E-state index in [1.54, 1.807) is 42.9 Å². The minimum absolute atomic E-state index is 0.228. The van der Waals surface area contributed by atoms with Crippen LogP contribution >= 0.6 is 11.6 Å². The molecular formula is C16H14ClN3O3. The number of aromatic nitrogens is 3. The van der Waals surface area contributed by atoms with E-state index < -0.39 is 11.9 Å². The van der Waals surface area contributed by atoms with Crippen LogP contribution in [-0.2, 0) is 11.8 Å². The van der Waals surface area contributed by atoms with Gasteiger partial charge in [-0.15, -0.1) is 0 Å². The average molecular weight is 332 g/mol. The Kier molecular flexibility index (Phi) is 3.69. The highest BCUT2D eigenvalue weighted by Crippen LogP contribution is 2.32. The summed E-state index contributed by atoms with van der Waals surface area (Å²) < 4.78 is 1.59. The summed E-state index contributed by atoms with van der Waals surface area (Å²) in [7, 11) is 1.71. The van der Waals surface area contributed by atoms with Gasteiger partial charge in [-0.3, -0.25) is 9.59 Å². The predicted molar refractivity (Wildman–Crippen MR) is 86.0 cm³/mol. The van der Waals surface area contributed by atoms with Gasteiger partial charge in [0, 0.05) is 40.9 Å². The molecule has 3 rings (SSSR count). The molecule has 7 heteroatoms. The van der Waals surface area contributed by atoms with E-state index in [0.717, 1.165) is 0 Å². The fourth-order valence-electron chi connectivity index (χ4n) is 2.64. The zero-order valence-electron chi connectivity index (χ0n) is 12.5. The molecule has 0 spiro atoms. The number of carboxylic acid groups (broad SMARTS) is 1. The second-order valence-corrected chi connectivity index (χ2v) is 5.79. The number of aliphatic carboxylic acids is 1. The smallest absolute Gasteiger partial charge is 0.310 e. The van der Waals surface area contributed by atoms with Gasteiger partial charge in [0.2, 0.25) is 5.78 Å². The highest BCUT2D eigenvalue weighted by Gasteiger charge is 2.28. The van der Waals surface area contributed by atoms with Crippen LogP contribution in [0.5, 0.6) is 0 Å². The Labute approximate surface area is 136 Å². The number of nitrogens with zero attached hydrogens (tertiary/aromatic N) is 2. The lowest BCUT2D eigenvalue weighted by atomic mass is 9.96. The second-order valence-electron chi connectivity index (χ2n) is 5.35. The zero-order valence-corrected chi connectivity index (χ0v) is 13.3. The normalized spacial score (nSPS) is 12.5. The molecule has 0 aliphatic carbocycles. The third-order valence-electron chi connectivity index (χ3n) is 3.86. The van der Waals surface area contributed by atoms with E-state index in [0.29, 0.717) is 21.5 Å². The first-order valence-electron chi connectivity index (χ1n) is 6.96. The molecule has 1 unspecified atom stereocenters. The zero-order chi connectivity index (χ0) is 16.7. The molecule has 0 bridgehead atoms. The number of nitrogens with one attached hydrogen (secondary N) is 1. The number of aromatic amines is 1. The van der Waals surface area contributed by atoms with Gasteiger partial charge < -0.3 is 14.7 Å². The summed E-state index contributed by atoms with van der Waals surface area (Å²) in [5.41, 5.74) is 1.29. The SMILES string of the molecule is CC(C(=O)O)c1c(C(=O)c2nccn2C)[nH]c2cc(Cl)ccc12. The van der Waals surface area contributed by atoms with E-state index in [2.05, 4.69) is 9.97 Å². The lowest BCUT2D eigenvalue weighted by molar-refractivity contribution is -0.138. The lowest BCUT2D eigenvalue weighted by Gasteiger charge is -2.08. The Morgan fingerprint density at radius 1 is 1.39 bits per heavy atom. The number of hydrogen-bond acceptors (Lipinski definition) is 3. The number of aryl methyl sites for hydroxylation is 1. The number of carboxylic acids is 1. The summed E-state index contributed by atoms with van der Waals surface area (Å²) >= 11 is 5.99. The van der Waals surface area contributed by atoms with Crippen LogP contribution in [0.25, 0.3) is 10.9 Å². The van der Waals surface area contributed by atoms with Crippen LogP contribution in [0.1, 0.15) is 34.7 Å². The van der Waals surface area contributed by atoms with E-state index in [1.165, 1.54) is 6.20 Å². The fraction of sp³-hybridized carbons (Fsp3) is 0.188. The number of hydrogen-bond donors (Lipinski definition) is 2. The summed E-state index contributed by atoms with van der Waals surface area (Å²) in [6, 6.07) is 5.06. The summed E-state index contributed by atoms with van der Waals surface area (Å²) in [5, 5.41) is 10.6. The molecule has 2 N–H and O–H groups in total. The first-order valence-corrected chi connectivity index (χ1v) is 7.34. The molecule has 2 heterocycles. The number of halogens is 1. The number of benzene rings is 1. The molecule has 2 aromatic heterocycles. The Balaban J connectivity index is 2.27. The van der Waals surface area contributed by atoms with Crippen LogP contribution in [0.4, 0.5) is 0 Å². The van der Waals surface area contributed by atoms with Crippen molar-refractivity contribution in [1.29, 1.82) is 0 Å². The van der Waals surface area contributed by atoms with Crippen molar-refractivity contribution in [1.82, 2.24) is 14.5 Å². The molecule has 1 aromatic carbocycles. The second kappa shape index (κ2) is 5.55. The number of imidazole rings is 1. The minimum Gasteiger partial charge on any atom is -0.481 e. The van der Waals surface area contributed by atoms with Gasteiger partial charge in [-0.05, 0) is 19.1 Å². The molecule has 3 aromatic rings. The molecular weight excluding hydrogens is 318 g/mol. The van der Waals surface area contributed by atoms with Gasteiger partial charge in [0.15, 0.2) is 5.82 Å². The maximum Gasteiger partial charge on any atom is 0.310 e. The van der Waals surface area contributed by atoms with Crippen LogP contribution in [0.3, 0.4) is 0 Å². The van der Waals surface area contributed by atoms with Crippen molar-refractivity contribution in [2.24, 2.45) is 7.05 Å². The van der Waals surface area contributed by atoms with Crippen molar-refractivity contribution in [3.63, 3.8) is 0 Å². The van der Waals surface area contributed by atoms with Gasteiger partial charge in [0.05, 0.1) is 11.6 Å². The molecule has 0 amide bonds. The molecule has 0 aliphatic rings. The summed E-state index contributed by atoms with van der Waals surface area (Å²) in [6.07, 6.45) is 3.18. The first kappa shape index (κ1) is 15.3. The van der Waals surface area contributed by atoms with E-state index in [4.69, 9.17) is 11.6 Å². The third kappa shape index (κ3) is 2.51. The fourth-order valence-corrected chi connectivity index (χ4v) is 2.81. The lowest BCUT2D eigenvalue weighted by Crippen LogP contribution is -2.15. The van der Waals surface area contributed by atoms with E-state index in [1.807, 2.05) is 0 Å². The van der Waals surface area contributed by atoms with Crippen molar-refractivity contribution in [2.45, 2.75) is 12.8 Å². The van der Waals surface area contributed by atoms with Crippen LogP contribution in [-0.4, -0.2) is 31.4 Å². The Morgan fingerprint density at radius 2 is 2.13 bits per heavy atom. The van der Waals surface area contributed by atoms with Crippen molar-refractivity contribution < 1.29 is 14.7 Å². The van der Waals surface area contributed by atoms with E-state index in [-0.39, 0.29) is 17.3 Å². The topological polar surface area (TPSA) is 88.0 Å². The summed E-state index contributed by atoms with van der Waals surface area (Å²) in [5.74, 6) is -1.96. The number of carbonyl (C=O) groups excluding carboxylic acids is 1. The quantitative estimate of drug-likeness (QED) is 0.719. The number of rotatable bonds is 4. The molecule has 0 saturated carbocycles. The Bertz CT molecular complexity index is 926. The summed E-state index contributed by atoms with van der Waals surface area (Å²) in [6.45, 7) is 1.55. The maximum atomic E-state index is 12.8. The Hall–Kier alpha value is -2.60. The van der Waals surface area contributed by atoms with Crippen LogP contribution in [0, 0.1) is 0 Å². The van der Waals surface area contributed by atoms with Gasteiger partial charge in [-0.2, -0.15) is 0 Å². The molecule has 0 saturated heterocycles. The molecule has 6 nitrogen and oxygen atoms in total. The molecule has 23 heavy (non-hydrogen) atoms. The van der Waals surface area contributed by atoms with Crippen molar-refractivity contribution in [2.75, 3.05) is 0 Å². The van der Waals surface area contributed by atoms with Gasteiger partial charge in [-0.25, -0.2) is 4.98 Å². The maximum absolute atomic E-state index is 12.8. The van der Waals surface area contributed by atoms with Crippen LogP contribution in [0.2, 0.25) is 5.02 Å². The number of fused-ring (bicyclic) bond motifs is 1. The molecule has 0 fully saturated rings. The highest BCUT2D eigenvalue weighted by molar-refractivity contribution is 6.31. The average Bonchev–Trinajstić information content (AvgIpc) is 3.08. The largest absolute Gasteiger partial charge is 0.481 e. The Morgan fingerprint density at radius 3 is 2.74 bits per heavy atom. The van der Waals surface area contributed by atoms with Crippen molar-refractivity contribution >= 4 is 34.3 Å². The van der Waals surface area contributed by atoms with Crippen molar-refractivity contribution in [3.05, 3.63) is 52.7 Å². The molecule has 118 valence electrons. The standard InChI is InChI=1S/C16H14ClN3O3/c1-8(16(22)23)12-10-4-3-9(17)7-11(10)19-13(12)14(21)15-18-5-6-20(15)2/h3-8,19H,1-2H3,(H,22,23). The monoisotopic (exact) mass is 331 g/mol. The van der Waals surface area contributed by atoms with E-state index >= 15 is 0 Å². The number of carbonyl (C=O) groups is 2. The van der Waals surface area contributed by atoms with Crippen LogP contribution in [0.15, 0.2) is 30.6 Å². The van der Waals surface area contributed by atoms with Gasteiger partial charge in [0.25, 0.3) is 0 Å². The molecule has 1 atom stereocenters. The number of ketones is 1.